The lowest BCUT2D eigenvalue weighted by Crippen LogP contribution is -2.21. The van der Waals surface area contributed by atoms with Gasteiger partial charge in [-0.1, -0.05) is 41.4 Å². The van der Waals surface area contributed by atoms with Crippen LogP contribution in [0.25, 0.3) is 0 Å². The number of carbonyl (C=O) groups excluding carboxylic acids is 2. The highest BCUT2D eigenvalue weighted by Gasteiger charge is 2.48. The van der Waals surface area contributed by atoms with Crippen LogP contribution in [0.3, 0.4) is 0 Å². The van der Waals surface area contributed by atoms with Gasteiger partial charge in [0.1, 0.15) is 0 Å². The smallest absolute Gasteiger partial charge is 0.228 e. The topological polar surface area (TPSA) is 58.2 Å². The first-order chi connectivity index (χ1) is 11.9. The van der Waals surface area contributed by atoms with Gasteiger partial charge in [-0.05, 0) is 49.6 Å². The Bertz CT molecular complexity index is 831. The molecule has 2 unspecified atom stereocenters. The number of halogens is 2. The third kappa shape index (κ3) is 3.97. The number of benzene rings is 2. The first-order valence-electron chi connectivity index (χ1n) is 8.00. The standard InChI is InChI=1S/C19H18Cl2N2O2/c1-10-4-3-5-11(2)17(10)23-19(25)14-9-13(14)18(24)22-16-8-12(20)6-7-15(16)21/h3-8,13-14H,9H2,1-2H3,(H,22,24)(H,23,25). The Hall–Kier alpha value is -2.04. The maximum atomic E-state index is 12.4. The van der Waals surface area contributed by atoms with Crippen LogP contribution < -0.4 is 10.6 Å². The molecule has 1 saturated carbocycles. The van der Waals surface area contributed by atoms with E-state index >= 15 is 0 Å². The second kappa shape index (κ2) is 7.06. The van der Waals surface area contributed by atoms with E-state index in [-0.39, 0.29) is 23.7 Å². The average molecular weight is 377 g/mol. The number of carbonyl (C=O) groups is 2. The van der Waals surface area contributed by atoms with E-state index in [1.807, 2.05) is 32.0 Å². The second-order valence-corrected chi connectivity index (χ2v) is 7.16. The van der Waals surface area contributed by atoms with E-state index in [9.17, 15) is 9.59 Å². The number of aryl methyl sites for hydroxylation is 2. The minimum atomic E-state index is -0.348. The highest BCUT2D eigenvalue weighted by atomic mass is 35.5. The largest absolute Gasteiger partial charge is 0.325 e. The Morgan fingerprint density at radius 3 is 2.20 bits per heavy atom. The van der Waals surface area contributed by atoms with Gasteiger partial charge in [0.25, 0.3) is 0 Å². The highest BCUT2D eigenvalue weighted by molar-refractivity contribution is 6.35. The Labute approximate surface area is 156 Å². The molecule has 3 rings (SSSR count). The first-order valence-corrected chi connectivity index (χ1v) is 8.75. The molecule has 4 nitrogen and oxygen atoms in total. The van der Waals surface area contributed by atoms with Gasteiger partial charge in [0.2, 0.25) is 11.8 Å². The lowest BCUT2D eigenvalue weighted by atomic mass is 10.1. The fraction of sp³-hybridized carbons (Fsp3) is 0.263. The molecule has 0 spiro atoms. The fourth-order valence-corrected chi connectivity index (χ4v) is 3.16. The van der Waals surface area contributed by atoms with Crippen molar-refractivity contribution >= 4 is 46.4 Å². The summed E-state index contributed by atoms with van der Waals surface area (Å²) in [5.74, 6) is -1.02. The summed E-state index contributed by atoms with van der Waals surface area (Å²) in [6.07, 6.45) is 0.529. The van der Waals surface area contributed by atoms with Crippen molar-refractivity contribution in [3.05, 3.63) is 57.6 Å². The van der Waals surface area contributed by atoms with Gasteiger partial charge in [0.05, 0.1) is 22.5 Å². The molecule has 2 amide bonds. The van der Waals surface area contributed by atoms with Gasteiger partial charge in [-0.2, -0.15) is 0 Å². The number of hydrogen-bond acceptors (Lipinski definition) is 2. The molecule has 0 saturated heterocycles. The summed E-state index contributed by atoms with van der Waals surface area (Å²) < 4.78 is 0. The number of para-hydroxylation sites is 1. The molecule has 0 aliphatic heterocycles. The Kier molecular flexibility index (Phi) is 5.02. The van der Waals surface area contributed by atoms with Crippen LogP contribution >= 0.6 is 23.2 Å². The van der Waals surface area contributed by atoms with Crippen LogP contribution in [0.4, 0.5) is 11.4 Å². The molecule has 25 heavy (non-hydrogen) atoms. The number of nitrogens with one attached hydrogen (secondary N) is 2. The zero-order valence-electron chi connectivity index (χ0n) is 13.9. The summed E-state index contributed by atoms with van der Waals surface area (Å²) in [6, 6.07) is 10.7. The molecule has 2 atom stereocenters. The summed E-state index contributed by atoms with van der Waals surface area (Å²) in [5, 5.41) is 6.59. The molecule has 2 aromatic rings. The quantitative estimate of drug-likeness (QED) is 0.802. The molecule has 1 aliphatic carbocycles. The van der Waals surface area contributed by atoms with Crippen LogP contribution in [-0.2, 0) is 9.59 Å². The van der Waals surface area contributed by atoms with Gasteiger partial charge in [0.15, 0.2) is 0 Å². The van der Waals surface area contributed by atoms with Crippen LogP contribution in [-0.4, -0.2) is 11.8 Å². The van der Waals surface area contributed by atoms with Crippen molar-refractivity contribution in [2.45, 2.75) is 20.3 Å². The predicted molar refractivity (Wildman–Crippen MR) is 101 cm³/mol. The molecule has 2 N–H and O–H groups in total. The first kappa shape index (κ1) is 17.8. The van der Waals surface area contributed by atoms with Crippen LogP contribution in [0.15, 0.2) is 36.4 Å². The van der Waals surface area contributed by atoms with E-state index in [2.05, 4.69) is 10.6 Å². The second-order valence-electron chi connectivity index (χ2n) is 6.32. The summed E-state index contributed by atoms with van der Waals surface area (Å²) in [4.78, 5) is 24.8. The molecule has 0 bridgehead atoms. The van der Waals surface area contributed by atoms with Crippen LogP contribution in [0, 0.1) is 25.7 Å². The van der Waals surface area contributed by atoms with E-state index in [0.717, 1.165) is 16.8 Å². The molecule has 0 radical (unpaired) electrons. The molecule has 1 aliphatic rings. The molecule has 6 heteroatoms. The average Bonchev–Trinajstić information content (AvgIpc) is 3.35. The van der Waals surface area contributed by atoms with Gasteiger partial charge in [-0.15, -0.1) is 0 Å². The van der Waals surface area contributed by atoms with Crippen LogP contribution in [0.1, 0.15) is 17.5 Å². The van der Waals surface area contributed by atoms with Gasteiger partial charge in [-0.3, -0.25) is 9.59 Å². The van der Waals surface area contributed by atoms with Gasteiger partial charge in [-0.25, -0.2) is 0 Å². The molecular weight excluding hydrogens is 359 g/mol. The van der Waals surface area contributed by atoms with Crippen molar-refractivity contribution < 1.29 is 9.59 Å². The zero-order valence-corrected chi connectivity index (χ0v) is 15.4. The van der Waals surface area contributed by atoms with E-state index in [1.54, 1.807) is 18.2 Å². The maximum Gasteiger partial charge on any atom is 0.228 e. The molecular formula is C19H18Cl2N2O2. The number of amides is 2. The van der Waals surface area contributed by atoms with Crippen molar-refractivity contribution in [1.82, 2.24) is 0 Å². The molecule has 1 fully saturated rings. The predicted octanol–water partition coefficient (Wildman–Crippen LogP) is 4.82. The number of anilines is 2. The van der Waals surface area contributed by atoms with Gasteiger partial charge in [0, 0.05) is 10.7 Å². The van der Waals surface area contributed by atoms with Gasteiger partial charge < -0.3 is 10.6 Å². The summed E-state index contributed by atoms with van der Waals surface area (Å²) in [6.45, 7) is 3.89. The van der Waals surface area contributed by atoms with E-state index in [1.165, 1.54) is 0 Å². The minimum Gasteiger partial charge on any atom is -0.325 e. The number of rotatable bonds is 4. The fourth-order valence-electron chi connectivity index (χ4n) is 2.82. The van der Waals surface area contributed by atoms with Crippen molar-refractivity contribution in [2.24, 2.45) is 11.8 Å². The Balaban J connectivity index is 1.63. The summed E-state index contributed by atoms with van der Waals surface area (Å²) in [7, 11) is 0. The molecule has 130 valence electrons. The summed E-state index contributed by atoms with van der Waals surface area (Å²) in [5.41, 5.74) is 3.28. The monoisotopic (exact) mass is 376 g/mol. The maximum absolute atomic E-state index is 12.4. The molecule has 2 aromatic carbocycles. The number of hydrogen-bond donors (Lipinski definition) is 2. The lowest BCUT2D eigenvalue weighted by Gasteiger charge is -2.11. The SMILES string of the molecule is Cc1cccc(C)c1NC(=O)C1CC1C(=O)Nc1cc(Cl)ccc1Cl. The van der Waals surface area contributed by atoms with Crippen molar-refractivity contribution in [1.29, 1.82) is 0 Å². The van der Waals surface area contributed by atoms with Crippen molar-refractivity contribution in [3.8, 4) is 0 Å². The van der Waals surface area contributed by atoms with Crippen LogP contribution in [0.5, 0.6) is 0 Å². The van der Waals surface area contributed by atoms with Crippen molar-refractivity contribution in [3.63, 3.8) is 0 Å². The van der Waals surface area contributed by atoms with E-state index in [0.29, 0.717) is 22.2 Å². The van der Waals surface area contributed by atoms with E-state index in [4.69, 9.17) is 23.2 Å². The highest BCUT2D eigenvalue weighted by Crippen LogP contribution is 2.41. The third-order valence-corrected chi connectivity index (χ3v) is 4.94. The Morgan fingerprint density at radius 2 is 1.56 bits per heavy atom. The van der Waals surface area contributed by atoms with Crippen molar-refractivity contribution in [2.75, 3.05) is 10.6 Å². The molecule has 0 heterocycles. The zero-order chi connectivity index (χ0) is 18.1. The third-order valence-electron chi connectivity index (χ3n) is 4.38. The van der Waals surface area contributed by atoms with E-state index < -0.39 is 0 Å². The lowest BCUT2D eigenvalue weighted by molar-refractivity contribution is -0.122. The van der Waals surface area contributed by atoms with Gasteiger partial charge >= 0.3 is 0 Å². The molecule has 0 aromatic heterocycles. The minimum absolute atomic E-state index is 0.130. The normalized spacial score (nSPS) is 18.6. The Morgan fingerprint density at radius 1 is 0.960 bits per heavy atom. The summed E-state index contributed by atoms with van der Waals surface area (Å²) >= 11 is 12.0. The van der Waals surface area contributed by atoms with Crippen LogP contribution in [0.2, 0.25) is 10.0 Å².